The molecule has 0 aliphatic carbocycles. The Morgan fingerprint density at radius 3 is 2.67 bits per heavy atom. The van der Waals surface area contributed by atoms with E-state index >= 15 is 0 Å². The highest BCUT2D eigenvalue weighted by molar-refractivity contribution is 6.30. The van der Waals surface area contributed by atoms with Crippen LogP contribution < -0.4 is 5.43 Å². The van der Waals surface area contributed by atoms with Crippen LogP contribution in [-0.2, 0) is 0 Å². The Labute approximate surface area is 143 Å². The summed E-state index contributed by atoms with van der Waals surface area (Å²) in [7, 11) is 0. The first-order valence-corrected chi connectivity index (χ1v) is 7.45. The molecular formula is C16H13ClN6O. The van der Waals surface area contributed by atoms with Crippen LogP contribution in [0.15, 0.2) is 60.0 Å². The number of hydrogen-bond donors (Lipinski definition) is 1. The van der Waals surface area contributed by atoms with Crippen LogP contribution in [0.4, 0.5) is 0 Å². The molecule has 120 valence electrons. The molecule has 0 saturated carbocycles. The second-order valence-electron chi connectivity index (χ2n) is 4.95. The van der Waals surface area contributed by atoms with E-state index in [0.717, 1.165) is 11.3 Å². The largest absolute Gasteiger partial charge is 0.271 e. The van der Waals surface area contributed by atoms with Gasteiger partial charge in [-0.05, 0) is 59.3 Å². The van der Waals surface area contributed by atoms with Gasteiger partial charge in [0.2, 0.25) is 0 Å². The Balaban J connectivity index is 1.75. The minimum absolute atomic E-state index is 0.303. The lowest BCUT2D eigenvalue weighted by atomic mass is 10.1. The molecule has 0 spiro atoms. The summed E-state index contributed by atoms with van der Waals surface area (Å²) in [6.45, 7) is 1.81. The zero-order chi connectivity index (χ0) is 16.9. The summed E-state index contributed by atoms with van der Waals surface area (Å²) in [5.41, 5.74) is 5.32. The lowest BCUT2D eigenvalue weighted by Crippen LogP contribution is -2.19. The van der Waals surface area contributed by atoms with Crippen molar-refractivity contribution in [2.24, 2.45) is 5.10 Å². The fourth-order valence-corrected chi connectivity index (χ4v) is 2.14. The highest BCUT2D eigenvalue weighted by Crippen LogP contribution is 2.11. The fourth-order valence-electron chi connectivity index (χ4n) is 2.02. The molecule has 1 amide bonds. The van der Waals surface area contributed by atoms with Gasteiger partial charge >= 0.3 is 0 Å². The van der Waals surface area contributed by atoms with E-state index in [0.29, 0.717) is 16.3 Å². The van der Waals surface area contributed by atoms with Crippen molar-refractivity contribution in [3.8, 4) is 5.69 Å². The minimum Gasteiger partial charge on any atom is -0.267 e. The fraction of sp³-hybridized carbons (Fsp3) is 0.0625. The van der Waals surface area contributed by atoms with Gasteiger partial charge in [0.1, 0.15) is 6.33 Å². The number of carbonyl (C=O) groups excluding carboxylic acids is 1. The summed E-state index contributed by atoms with van der Waals surface area (Å²) in [6.07, 6.45) is 1.51. The van der Waals surface area contributed by atoms with Gasteiger partial charge in [-0.1, -0.05) is 23.7 Å². The molecule has 0 bridgehead atoms. The van der Waals surface area contributed by atoms with Gasteiger partial charge < -0.3 is 0 Å². The highest BCUT2D eigenvalue weighted by Gasteiger charge is 2.06. The molecule has 0 radical (unpaired) electrons. The molecule has 0 aliphatic heterocycles. The second-order valence-corrected chi connectivity index (χ2v) is 5.39. The number of halogens is 1. The number of hydrogen-bond acceptors (Lipinski definition) is 5. The number of rotatable bonds is 4. The van der Waals surface area contributed by atoms with Crippen molar-refractivity contribution in [1.29, 1.82) is 0 Å². The molecule has 1 aromatic heterocycles. The van der Waals surface area contributed by atoms with Gasteiger partial charge in [0.15, 0.2) is 0 Å². The van der Waals surface area contributed by atoms with E-state index in [1.165, 1.54) is 6.33 Å². The molecule has 3 aromatic rings. The van der Waals surface area contributed by atoms with Crippen molar-refractivity contribution in [3.05, 3.63) is 71.0 Å². The molecule has 2 aromatic carbocycles. The molecule has 3 rings (SSSR count). The molecule has 24 heavy (non-hydrogen) atoms. The van der Waals surface area contributed by atoms with Gasteiger partial charge in [0.05, 0.1) is 11.4 Å². The van der Waals surface area contributed by atoms with Gasteiger partial charge in [0, 0.05) is 10.6 Å². The summed E-state index contributed by atoms with van der Waals surface area (Å²) in [4.78, 5) is 12.1. The zero-order valence-electron chi connectivity index (χ0n) is 12.7. The summed E-state index contributed by atoms with van der Waals surface area (Å²) in [5, 5.41) is 15.8. The van der Waals surface area contributed by atoms with Gasteiger partial charge in [-0.2, -0.15) is 5.10 Å². The number of nitrogens with zero attached hydrogens (tertiary/aromatic N) is 5. The van der Waals surface area contributed by atoms with Crippen molar-refractivity contribution < 1.29 is 4.79 Å². The Hall–Kier alpha value is -3.06. The third kappa shape index (κ3) is 3.64. The average molecular weight is 341 g/mol. The van der Waals surface area contributed by atoms with Crippen molar-refractivity contribution in [2.75, 3.05) is 0 Å². The van der Waals surface area contributed by atoms with E-state index in [-0.39, 0.29) is 5.91 Å². The van der Waals surface area contributed by atoms with Crippen molar-refractivity contribution in [3.63, 3.8) is 0 Å². The van der Waals surface area contributed by atoms with Gasteiger partial charge in [-0.25, -0.2) is 10.1 Å². The Bertz CT molecular complexity index is 874. The number of benzene rings is 2. The van der Waals surface area contributed by atoms with Gasteiger partial charge in [-0.3, -0.25) is 4.79 Å². The number of aromatic nitrogens is 4. The van der Waals surface area contributed by atoms with Crippen LogP contribution in [0.3, 0.4) is 0 Å². The van der Waals surface area contributed by atoms with E-state index in [1.54, 1.807) is 35.9 Å². The van der Waals surface area contributed by atoms with Crippen LogP contribution >= 0.6 is 11.6 Å². The van der Waals surface area contributed by atoms with Crippen LogP contribution in [0, 0.1) is 0 Å². The molecule has 0 saturated heterocycles. The number of nitrogens with one attached hydrogen (secondary N) is 1. The summed E-state index contributed by atoms with van der Waals surface area (Å²) in [6, 6.07) is 14.1. The van der Waals surface area contributed by atoms with E-state index in [1.807, 2.05) is 24.3 Å². The monoisotopic (exact) mass is 340 g/mol. The molecular weight excluding hydrogens is 328 g/mol. The Kier molecular flexibility index (Phi) is 4.62. The summed E-state index contributed by atoms with van der Waals surface area (Å²) in [5.74, 6) is -0.303. The lowest BCUT2D eigenvalue weighted by Gasteiger charge is -2.05. The van der Waals surface area contributed by atoms with E-state index < -0.39 is 0 Å². The molecule has 0 atom stereocenters. The minimum atomic E-state index is -0.303. The Morgan fingerprint density at radius 2 is 1.96 bits per heavy atom. The quantitative estimate of drug-likeness (QED) is 0.584. The third-order valence-electron chi connectivity index (χ3n) is 3.31. The van der Waals surface area contributed by atoms with Crippen LogP contribution in [0.1, 0.15) is 22.8 Å². The maximum Gasteiger partial charge on any atom is 0.271 e. The maximum absolute atomic E-state index is 12.1. The molecule has 0 unspecified atom stereocenters. The highest BCUT2D eigenvalue weighted by atomic mass is 35.5. The molecule has 1 heterocycles. The van der Waals surface area contributed by atoms with Crippen molar-refractivity contribution in [2.45, 2.75) is 6.92 Å². The standard InChI is InChI=1S/C16H13ClN6O/c1-11(19-20-16(24)12-5-7-14(17)8-6-12)13-3-2-4-15(9-13)23-10-18-21-22-23/h2-10H,1H3,(H,20,24)/b19-11-. The molecule has 7 nitrogen and oxygen atoms in total. The normalized spacial score (nSPS) is 11.3. The summed E-state index contributed by atoms with van der Waals surface area (Å²) >= 11 is 5.81. The first-order chi connectivity index (χ1) is 11.6. The van der Waals surface area contributed by atoms with E-state index in [9.17, 15) is 4.79 Å². The van der Waals surface area contributed by atoms with Crippen molar-refractivity contribution >= 4 is 23.2 Å². The SMILES string of the molecule is C/C(=N/NC(=O)c1ccc(Cl)cc1)c1cccc(-n2cnnn2)c1. The third-order valence-corrected chi connectivity index (χ3v) is 3.56. The lowest BCUT2D eigenvalue weighted by molar-refractivity contribution is 0.0955. The smallest absolute Gasteiger partial charge is 0.267 e. The van der Waals surface area contributed by atoms with Crippen LogP contribution in [0.2, 0.25) is 5.02 Å². The first-order valence-electron chi connectivity index (χ1n) is 7.07. The van der Waals surface area contributed by atoms with Crippen LogP contribution in [0.5, 0.6) is 0 Å². The average Bonchev–Trinajstić information content (AvgIpc) is 3.15. The number of tetrazole rings is 1. The number of hydrazone groups is 1. The van der Waals surface area contributed by atoms with E-state index in [2.05, 4.69) is 26.1 Å². The first kappa shape index (κ1) is 15.8. The van der Waals surface area contributed by atoms with Gasteiger partial charge in [-0.15, -0.1) is 5.10 Å². The topological polar surface area (TPSA) is 85.1 Å². The van der Waals surface area contributed by atoms with Crippen molar-refractivity contribution in [1.82, 2.24) is 25.6 Å². The molecule has 0 fully saturated rings. The molecule has 1 N–H and O–H groups in total. The predicted molar refractivity (Wildman–Crippen MR) is 90.3 cm³/mol. The van der Waals surface area contributed by atoms with Crippen LogP contribution in [-0.4, -0.2) is 31.8 Å². The molecule has 8 heteroatoms. The van der Waals surface area contributed by atoms with E-state index in [4.69, 9.17) is 11.6 Å². The molecule has 0 aliphatic rings. The zero-order valence-corrected chi connectivity index (χ0v) is 13.5. The predicted octanol–water partition coefficient (Wildman–Crippen LogP) is 2.47. The number of amides is 1. The van der Waals surface area contributed by atoms with Crippen LogP contribution in [0.25, 0.3) is 5.69 Å². The number of carbonyl (C=O) groups is 1. The second kappa shape index (κ2) is 7.01. The Morgan fingerprint density at radius 1 is 1.17 bits per heavy atom. The maximum atomic E-state index is 12.1. The summed E-state index contributed by atoms with van der Waals surface area (Å²) < 4.78 is 1.54. The van der Waals surface area contributed by atoms with Gasteiger partial charge in [0.25, 0.3) is 5.91 Å².